The molecule has 2 saturated heterocycles. The van der Waals surface area contributed by atoms with Crippen molar-refractivity contribution in [3.63, 3.8) is 0 Å². The molecule has 2 bridgehead atoms. The Labute approximate surface area is 85.0 Å². The molecule has 0 aromatic rings. The van der Waals surface area contributed by atoms with Crippen molar-refractivity contribution in [1.82, 2.24) is 4.90 Å². The number of fused-ring (bicyclic) bond motifs is 2. The highest BCUT2D eigenvalue weighted by atomic mass is 16.2. The van der Waals surface area contributed by atoms with Crippen molar-refractivity contribution in [2.75, 3.05) is 0 Å². The molecule has 0 N–H and O–H groups in total. The third-order valence-electron chi connectivity index (χ3n) is 3.85. The van der Waals surface area contributed by atoms with Crippen molar-refractivity contribution in [2.45, 2.75) is 50.6 Å². The average molecular weight is 191 g/mol. The number of hydrogen-bond donors (Lipinski definition) is 0. The van der Waals surface area contributed by atoms with E-state index < -0.39 is 0 Å². The second-order valence-electron chi connectivity index (χ2n) is 5.06. The lowest BCUT2D eigenvalue weighted by Gasteiger charge is -2.36. The summed E-state index contributed by atoms with van der Waals surface area (Å²) in [7, 11) is 0. The summed E-state index contributed by atoms with van der Waals surface area (Å²) in [5.41, 5.74) is 1.36. The number of hydrogen-bond acceptors (Lipinski definition) is 1. The summed E-state index contributed by atoms with van der Waals surface area (Å²) in [6, 6.07) is 1.02. The van der Waals surface area contributed by atoms with Crippen molar-refractivity contribution in [3.05, 3.63) is 12.2 Å². The lowest BCUT2D eigenvalue weighted by molar-refractivity contribution is -0.136. The van der Waals surface area contributed by atoms with Crippen LogP contribution in [0.25, 0.3) is 0 Å². The van der Waals surface area contributed by atoms with Gasteiger partial charge in [0.05, 0.1) is 0 Å². The molecule has 1 saturated carbocycles. The molecule has 0 aromatic heterocycles. The molecular formula is C12H17NO. The fraction of sp³-hybridized carbons (Fsp3) is 0.750. The summed E-state index contributed by atoms with van der Waals surface area (Å²) in [4.78, 5) is 14.2. The SMILES string of the molecule is C=C1CC2CCC(C1)N2C(=O)C1CC1. The molecule has 3 fully saturated rings. The van der Waals surface area contributed by atoms with Crippen molar-refractivity contribution in [3.8, 4) is 0 Å². The first-order valence-electron chi connectivity index (χ1n) is 5.74. The van der Waals surface area contributed by atoms with Gasteiger partial charge in [0, 0.05) is 18.0 Å². The molecule has 0 aromatic carbocycles. The van der Waals surface area contributed by atoms with Crippen LogP contribution in [0.15, 0.2) is 12.2 Å². The number of nitrogens with zero attached hydrogens (tertiary/aromatic N) is 1. The molecule has 1 aliphatic carbocycles. The van der Waals surface area contributed by atoms with Crippen LogP contribution in [0.3, 0.4) is 0 Å². The molecule has 14 heavy (non-hydrogen) atoms. The highest BCUT2D eigenvalue weighted by Crippen LogP contribution is 2.41. The van der Waals surface area contributed by atoms with E-state index in [1.165, 1.54) is 18.4 Å². The van der Waals surface area contributed by atoms with Gasteiger partial charge in [-0.25, -0.2) is 0 Å². The third kappa shape index (κ3) is 1.20. The second kappa shape index (κ2) is 2.85. The monoisotopic (exact) mass is 191 g/mol. The minimum absolute atomic E-state index is 0.393. The summed E-state index contributed by atoms with van der Waals surface area (Å²) in [6.45, 7) is 4.07. The Morgan fingerprint density at radius 1 is 1.14 bits per heavy atom. The second-order valence-corrected chi connectivity index (χ2v) is 5.06. The minimum Gasteiger partial charge on any atom is -0.336 e. The van der Waals surface area contributed by atoms with Gasteiger partial charge in [-0.3, -0.25) is 4.79 Å². The molecule has 0 spiro atoms. The normalized spacial score (nSPS) is 36.3. The summed E-state index contributed by atoms with van der Waals surface area (Å²) >= 11 is 0. The van der Waals surface area contributed by atoms with Crippen LogP contribution in [0.1, 0.15) is 38.5 Å². The molecule has 0 radical (unpaired) electrons. The zero-order valence-electron chi connectivity index (χ0n) is 8.54. The minimum atomic E-state index is 0.393. The van der Waals surface area contributed by atoms with Crippen LogP contribution in [0.5, 0.6) is 0 Å². The molecular weight excluding hydrogens is 174 g/mol. The van der Waals surface area contributed by atoms with Crippen molar-refractivity contribution < 1.29 is 4.79 Å². The predicted molar refractivity (Wildman–Crippen MR) is 54.8 cm³/mol. The van der Waals surface area contributed by atoms with E-state index in [0.29, 0.717) is 23.9 Å². The highest BCUT2D eigenvalue weighted by molar-refractivity contribution is 5.82. The van der Waals surface area contributed by atoms with Crippen LogP contribution in [0.2, 0.25) is 0 Å². The molecule has 1 amide bonds. The van der Waals surface area contributed by atoms with E-state index in [9.17, 15) is 4.79 Å². The van der Waals surface area contributed by atoms with Crippen molar-refractivity contribution in [2.24, 2.45) is 5.92 Å². The molecule has 2 heteroatoms. The zero-order valence-corrected chi connectivity index (χ0v) is 8.54. The van der Waals surface area contributed by atoms with Gasteiger partial charge in [-0.2, -0.15) is 0 Å². The molecule has 2 heterocycles. The lowest BCUT2D eigenvalue weighted by Crippen LogP contribution is -2.45. The highest BCUT2D eigenvalue weighted by Gasteiger charge is 2.45. The topological polar surface area (TPSA) is 20.3 Å². The number of piperidine rings is 1. The standard InChI is InChI=1S/C12H17NO/c1-8-6-10-4-5-11(7-8)13(10)12(14)9-2-3-9/h9-11H,1-7H2. The van der Waals surface area contributed by atoms with E-state index in [-0.39, 0.29) is 0 Å². The van der Waals surface area contributed by atoms with Crippen molar-refractivity contribution >= 4 is 5.91 Å². The Balaban J connectivity index is 1.80. The summed E-state index contributed by atoms with van der Waals surface area (Å²) in [5, 5.41) is 0. The average Bonchev–Trinajstić information content (AvgIpc) is 2.92. The molecule has 3 aliphatic rings. The van der Waals surface area contributed by atoms with Gasteiger partial charge < -0.3 is 4.90 Å². The summed E-state index contributed by atoms with van der Waals surface area (Å²) < 4.78 is 0. The Morgan fingerprint density at radius 3 is 2.21 bits per heavy atom. The smallest absolute Gasteiger partial charge is 0.226 e. The van der Waals surface area contributed by atoms with Gasteiger partial charge in [0.1, 0.15) is 0 Å². The molecule has 2 unspecified atom stereocenters. The van der Waals surface area contributed by atoms with E-state index in [1.54, 1.807) is 0 Å². The maximum absolute atomic E-state index is 12.0. The summed E-state index contributed by atoms with van der Waals surface area (Å²) in [5.74, 6) is 0.842. The van der Waals surface area contributed by atoms with Crippen LogP contribution in [0, 0.1) is 5.92 Å². The molecule has 3 rings (SSSR count). The van der Waals surface area contributed by atoms with Crippen LogP contribution in [-0.4, -0.2) is 22.9 Å². The Morgan fingerprint density at radius 2 is 1.71 bits per heavy atom. The Hall–Kier alpha value is -0.790. The number of amides is 1. The maximum Gasteiger partial charge on any atom is 0.226 e. The largest absolute Gasteiger partial charge is 0.336 e. The van der Waals surface area contributed by atoms with Gasteiger partial charge in [0.15, 0.2) is 0 Å². The van der Waals surface area contributed by atoms with E-state index in [4.69, 9.17) is 0 Å². The number of carbonyl (C=O) groups is 1. The first kappa shape index (κ1) is 8.51. The number of rotatable bonds is 1. The maximum atomic E-state index is 12.0. The van der Waals surface area contributed by atoms with E-state index in [1.807, 2.05) is 0 Å². The lowest BCUT2D eigenvalue weighted by atomic mass is 9.98. The third-order valence-corrected chi connectivity index (χ3v) is 3.85. The first-order valence-corrected chi connectivity index (χ1v) is 5.74. The van der Waals surface area contributed by atoms with Gasteiger partial charge in [-0.05, 0) is 38.5 Å². The van der Waals surface area contributed by atoms with E-state index in [2.05, 4.69) is 11.5 Å². The number of carbonyl (C=O) groups excluding carboxylic acids is 1. The van der Waals surface area contributed by atoms with Gasteiger partial charge in [-0.15, -0.1) is 0 Å². The molecule has 2 aliphatic heterocycles. The molecule has 2 atom stereocenters. The van der Waals surface area contributed by atoms with Crippen LogP contribution in [-0.2, 0) is 4.79 Å². The fourth-order valence-electron chi connectivity index (χ4n) is 3.01. The van der Waals surface area contributed by atoms with Crippen LogP contribution < -0.4 is 0 Å². The Kier molecular flexibility index (Phi) is 1.73. The predicted octanol–water partition coefficient (Wildman–Crippen LogP) is 2.11. The first-order chi connectivity index (χ1) is 6.75. The van der Waals surface area contributed by atoms with Gasteiger partial charge in [0.25, 0.3) is 0 Å². The van der Waals surface area contributed by atoms with Gasteiger partial charge in [-0.1, -0.05) is 12.2 Å². The van der Waals surface area contributed by atoms with Gasteiger partial charge >= 0.3 is 0 Å². The molecule has 2 nitrogen and oxygen atoms in total. The Bertz CT molecular complexity index is 277. The van der Waals surface area contributed by atoms with Gasteiger partial charge in [0.2, 0.25) is 5.91 Å². The fourth-order valence-corrected chi connectivity index (χ4v) is 3.01. The quantitative estimate of drug-likeness (QED) is 0.581. The zero-order chi connectivity index (χ0) is 9.71. The van der Waals surface area contributed by atoms with E-state index >= 15 is 0 Å². The van der Waals surface area contributed by atoms with Crippen molar-refractivity contribution in [1.29, 1.82) is 0 Å². The summed E-state index contributed by atoms with van der Waals surface area (Å²) in [6.07, 6.45) is 6.82. The van der Waals surface area contributed by atoms with Crippen LogP contribution >= 0.6 is 0 Å². The van der Waals surface area contributed by atoms with Crippen LogP contribution in [0.4, 0.5) is 0 Å². The molecule has 76 valence electrons. The van der Waals surface area contributed by atoms with E-state index in [0.717, 1.165) is 25.7 Å².